The molecule has 0 heterocycles. The number of hydrogen-bond acceptors (Lipinski definition) is 4. The van der Waals surface area contributed by atoms with Gasteiger partial charge in [-0.1, -0.05) is 12.1 Å². The van der Waals surface area contributed by atoms with E-state index >= 15 is 0 Å². The number of nitro groups is 1. The van der Waals surface area contributed by atoms with Gasteiger partial charge in [0.1, 0.15) is 5.75 Å². The quantitative estimate of drug-likeness (QED) is 0.685. The largest absolute Gasteiger partial charge is 0.453 e. The lowest BCUT2D eigenvalue weighted by atomic mass is 10.1. The van der Waals surface area contributed by atoms with E-state index < -0.39 is 16.8 Å². The highest BCUT2D eigenvalue weighted by atomic mass is 19.1. The molecule has 6 heteroatoms. The summed E-state index contributed by atoms with van der Waals surface area (Å²) in [5.74, 6) is -0.331. The summed E-state index contributed by atoms with van der Waals surface area (Å²) in [4.78, 5) is 10.3. The summed E-state index contributed by atoms with van der Waals surface area (Å²) < 4.78 is 19.5. The molecule has 5 nitrogen and oxygen atoms in total. The van der Waals surface area contributed by atoms with Crippen molar-refractivity contribution < 1.29 is 14.1 Å². The van der Waals surface area contributed by atoms with Crippen molar-refractivity contribution in [3.63, 3.8) is 0 Å². The van der Waals surface area contributed by atoms with Crippen LogP contribution in [-0.2, 0) is 0 Å². The van der Waals surface area contributed by atoms with E-state index in [2.05, 4.69) is 0 Å². The van der Waals surface area contributed by atoms with Crippen LogP contribution in [0.1, 0.15) is 24.1 Å². The number of aryl methyl sites for hydroxylation is 1. The van der Waals surface area contributed by atoms with Crippen molar-refractivity contribution in [2.75, 3.05) is 0 Å². The summed E-state index contributed by atoms with van der Waals surface area (Å²) in [7, 11) is 0. The maximum Gasteiger partial charge on any atom is 0.273 e. The summed E-state index contributed by atoms with van der Waals surface area (Å²) in [5.41, 5.74) is 6.85. The average molecular weight is 290 g/mol. The molecule has 0 aliphatic rings. The molecule has 0 unspecified atom stereocenters. The first kappa shape index (κ1) is 14.9. The Bertz CT molecular complexity index is 687. The number of para-hydroxylation sites is 1. The van der Waals surface area contributed by atoms with Gasteiger partial charge in [-0.3, -0.25) is 10.1 Å². The van der Waals surface area contributed by atoms with Crippen LogP contribution in [-0.4, -0.2) is 4.92 Å². The molecule has 2 aromatic rings. The predicted molar refractivity (Wildman–Crippen MR) is 76.9 cm³/mol. The number of non-ortho nitro benzene ring substituents is 1. The second-order valence-corrected chi connectivity index (χ2v) is 4.76. The zero-order valence-corrected chi connectivity index (χ0v) is 11.7. The Balaban J connectivity index is 2.47. The average Bonchev–Trinajstić information content (AvgIpc) is 2.42. The summed E-state index contributed by atoms with van der Waals surface area (Å²) in [6.07, 6.45) is 0. The van der Waals surface area contributed by atoms with E-state index in [4.69, 9.17) is 10.5 Å². The van der Waals surface area contributed by atoms with E-state index in [0.29, 0.717) is 11.1 Å². The smallest absolute Gasteiger partial charge is 0.273 e. The fourth-order valence-corrected chi connectivity index (χ4v) is 1.91. The highest BCUT2D eigenvalue weighted by Crippen LogP contribution is 2.34. The third kappa shape index (κ3) is 3.17. The highest BCUT2D eigenvalue weighted by Gasteiger charge is 2.17. The Labute approximate surface area is 121 Å². The molecule has 0 amide bonds. The van der Waals surface area contributed by atoms with Crippen molar-refractivity contribution in [3.05, 3.63) is 63.5 Å². The number of hydrogen-bond donors (Lipinski definition) is 1. The van der Waals surface area contributed by atoms with Gasteiger partial charge in [0.2, 0.25) is 0 Å². The zero-order chi connectivity index (χ0) is 15.6. The van der Waals surface area contributed by atoms with Crippen LogP contribution in [0, 0.1) is 22.9 Å². The molecule has 2 aromatic carbocycles. The number of nitro benzene ring substituents is 1. The second-order valence-electron chi connectivity index (χ2n) is 4.76. The van der Waals surface area contributed by atoms with Gasteiger partial charge >= 0.3 is 0 Å². The van der Waals surface area contributed by atoms with Crippen molar-refractivity contribution in [3.8, 4) is 11.5 Å². The van der Waals surface area contributed by atoms with Gasteiger partial charge in [-0.05, 0) is 31.5 Å². The zero-order valence-electron chi connectivity index (χ0n) is 11.7. The summed E-state index contributed by atoms with van der Waals surface area (Å²) in [6.45, 7) is 3.44. The van der Waals surface area contributed by atoms with E-state index in [0.717, 1.165) is 0 Å². The lowest BCUT2D eigenvalue weighted by Crippen LogP contribution is -2.08. The molecule has 0 radical (unpaired) electrons. The number of rotatable bonds is 4. The topological polar surface area (TPSA) is 78.4 Å². The number of nitrogens with two attached hydrogens (primary N) is 1. The van der Waals surface area contributed by atoms with Crippen molar-refractivity contribution in [2.24, 2.45) is 5.73 Å². The summed E-state index contributed by atoms with van der Waals surface area (Å²) in [5, 5.41) is 10.8. The van der Waals surface area contributed by atoms with Crippen LogP contribution >= 0.6 is 0 Å². The number of halogens is 1. The molecule has 0 fully saturated rings. The molecular weight excluding hydrogens is 275 g/mol. The van der Waals surface area contributed by atoms with Gasteiger partial charge in [0.25, 0.3) is 5.69 Å². The van der Waals surface area contributed by atoms with Crippen LogP contribution in [0.4, 0.5) is 10.1 Å². The number of nitrogens with zero attached hydrogens (tertiary/aromatic N) is 1. The van der Waals surface area contributed by atoms with Crippen LogP contribution < -0.4 is 10.5 Å². The minimum atomic E-state index is -0.560. The monoisotopic (exact) mass is 290 g/mol. The molecule has 0 saturated heterocycles. The lowest BCUT2D eigenvalue weighted by molar-refractivity contribution is -0.384. The maximum atomic E-state index is 14.0. The van der Waals surface area contributed by atoms with Crippen molar-refractivity contribution in [2.45, 2.75) is 19.9 Å². The van der Waals surface area contributed by atoms with Crippen molar-refractivity contribution >= 4 is 5.69 Å². The Hall–Kier alpha value is -2.47. The fraction of sp³-hybridized carbons (Fsp3) is 0.200. The minimum Gasteiger partial charge on any atom is -0.453 e. The third-order valence-electron chi connectivity index (χ3n) is 3.08. The first-order valence-electron chi connectivity index (χ1n) is 6.37. The molecule has 0 aliphatic heterocycles. The van der Waals surface area contributed by atoms with Gasteiger partial charge < -0.3 is 10.5 Å². The molecule has 2 N–H and O–H groups in total. The molecule has 2 rings (SSSR count). The summed E-state index contributed by atoms with van der Waals surface area (Å²) >= 11 is 0. The Kier molecular flexibility index (Phi) is 4.18. The van der Waals surface area contributed by atoms with Crippen LogP contribution in [0.5, 0.6) is 11.5 Å². The normalized spacial score (nSPS) is 12.0. The molecule has 0 spiro atoms. The van der Waals surface area contributed by atoms with Gasteiger partial charge in [-0.2, -0.15) is 0 Å². The van der Waals surface area contributed by atoms with E-state index in [-0.39, 0.29) is 17.2 Å². The fourth-order valence-electron chi connectivity index (χ4n) is 1.91. The first-order chi connectivity index (χ1) is 9.90. The molecule has 0 aromatic heterocycles. The van der Waals surface area contributed by atoms with Gasteiger partial charge in [-0.15, -0.1) is 0 Å². The van der Waals surface area contributed by atoms with E-state index in [1.807, 2.05) is 0 Å². The van der Waals surface area contributed by atoms with Crippen LogP contribution in [0.25, 0.3) is 0 Å². The molecule has 1 atom stereocenters. The van der Waals surface area contributed by atoms with Gasteiger partial charge in [0.05, 0.1) is 11.0 Å². The third-order valence-corrected chi connectivity index (χ3v) is 3.08. The molecule has 0 saturated carbocycles. The van der Waals surface area contributed by atoms with Crippen LogP contribution in [0.3, 0.4) is 0 Å². The molecule has 0 aliphatic carbocycles. The van der Waals surface area contributed by atoms with Crippen LogP contribution in [0.2, 0.25) is 0 Å². The Morgan fingerprint density at radius 1 is 1.33 bits per heavy atom. The number of ether oxygens (including phenoxy) is 1. The maximum absolute atomic E-state index is 14.0. The Morgan fingerprint density at radius 2 is 2.05 bits per heavy atom. The second kappa shape index (κ2) is 5.88. The minimum absolute atomic E-state index is 0.00361. The van der Waals surface area contributed by atoms with E-state index in [9.17, 15) is 14.5 Å². The van der Waals surface area contributed by atoms with Crippen molar-refractivity contribution in [1.29, 1.82) is 0 Å². The summed E-state index contributed by atoms with van der Waals surface area (Å²) in [6, 6.07) is 8.24. The standard InChI is InChI=1S/C15H15FN2O3/c1-9-6-7-11(18(19)20)8-14(9)21-15-12(10(2)17)4-3-5-13(15)16/h3-8,10H,17H2,1-2H3/t10-/m0/s1. The molecular formula is C15H15FN2O3. The SMILES string of the molecule is Cc1ccc([N+](=O)[O-])cc1Oc1c(F)cccc1[C@H](C)N. The first-order valence-corrected chi connectivity index (χ1v) is 6.37. The molecule has 110 valence electrons. The van der Waals surface area contributed by atoms with Gasteiger partial charge in [-0.25, -0.2) is 4.39 Å². The van der Waals surface area contributed by atoms with Crippen LogP contribution in [0.15, 0.2) is 36.4 Å². The van der Waals surface area contributed by atoms with Gasteiger partial charge in [0, 0.05) is 17.7 Å². The Morgan fingerprint density at radius 3 is 2.67 bits per heavy atom. The number of benzene rings is 2. The van der Waals surface area contributed by atoms with Crippen molar-refractivity contribution in [1.82, 2.24) is 0 Å². The molecule has 0 bridgehead atoms. The van der Waals surface area contributed by atoms with Gasteiger partial charge in [0.15, 0.2) is 11.6 Å². The highest BCUT2D eigenvalue weighted by molar-refractivity contribution is 5.47. The van der Waals surface area contributed by atoms with E-state index in [1.165, 1.54) is 18.2 Å². The predicted octanol–water partition coefficient (Wildman–Crippen LogP) is 3.85. The molecule has 21 heavy (non-hydrogen) atoms. The lowest BCUT2D eigenvalue weighted by Gasteiger charge is -2.15. The van der Waals surface area contributed by atoms with E-state index in [1.54, 1.807) is 32.0 Å².